The molecule has 2 aromatic rings. The van der Waals surface area contributed by atoms with Gasteiger partial charge in [0, 0.05) is 31.8 Å². The fraction of sp³-hybridized carbons (Fsp3) is 0.500. The normalized spacial score (nSPS) is 10.7. The van der Waals surface area contributed by atoms with Gasteiger partial charge in [-0.2, -0.15) is 20.1 Å². The predicted octanol–water partition coefficient (Wildman–Crippen LogP) is 1.62. The molecule has 0 fully saturated rings. The Balaban J connectivity index is 2.19. The summed E-state index contributed by atoms with van der Waals surface area (Å²) in [6, 6.07) is 1.83. The zero-order chi connectivity index (χ0) is 14.2. The summed E-state index contributed by atoms with van der Waals surface area (Å²) in [6.07, 6.45) is 4.51. The summed E-state index contributed by atoms with van der Waals surface area (Å²) in [5.41, 5.74) is 0. The van der Waals surface area contributed by atoms with Gasteiger partial charge < -0.3 is 10.1 Å². The minimum atomic E-state index is 0.517. The maximum absolute atomic E-state index is 5.04. The molecular formula is C12H18N6OS. The van der Waals surface area contributed by atoms with E-state index in [1.807, 2.05) is 12.3 Å². The lowest BCUT2D eigenvalue weighted by atomic mass is 10.5. The molecule has 2 heterocycles. The standard InChI is InChI=1S/C12H18N6OS/c1-3-5-13-10-15-11(18-7-4-6-14-18)17-12(16-10)20-9-8-19-2/h4,6-7H,3,5,8-9H2,1-2H3,(H,13,15,16,17). The number of thioether (sulfide) groups is 1. The fourth-order valence-electron chi connectivity index (χ4n) is 1.43. The first kappa shape index (κ1) is 14.7. The number of anilines is 1. The van der Waals surface area contributed by atoms with Gasteiger partial charge >= 0.3 is 0 Å². The van der Waals surface area contributed by atoms with Crippen LogP contribution in [0.15, 0.2) is 23.6 Å². The second-order valence-electron chi connectivity index (χ2n) is 3.96. The average Bonchev–Trinajstić information content (AvgIpc) is 2.99. The van der Waals surface area contributed by atoms with Gasteiger partial charge in [-0.25, -0.2) is 4.68 Å². The van der Waals surface area contributed by atoms with E-state index in [0.717, 1.165) is 18.7 Å². The topological polar surface area (TPSA) is 77.8 Å². The van der Waals surface area contributed by atoms with Crippen molar-refractivity contribution in [2.75, 3.05) is 31.3 Å². The molecule has 0 aliphatic heterocycles. The smallest absolute Gasteiger partial charge is 0.256 e. The van der Waals surface area contributed by atoms with Crippen molar-refractivity contribution in [2.45, 2.75) is 18.5 Å². The summed E-state index contributed by atoms with van der Waals surface area (Å²) in [5.74, 6) is 1.89. The lowest BCUT2D eigenvalue weighted by Gasteiger charge is -2.07. The Labute approximate surface area is 122 Å². The molecule has 0 aromatic carbocycles. The molecule has 0 radical (unpaired) electrons. The Morgan fingerprint density at radius 3 is 2.95 bits per heavy atom. The van der Waals surface area contributed by atoms with Crippen molar-refractivity contribution in [3.05, 3.63) is 18.5 Å². The van der Waals surface area contributed by atoms with Gasteiger partial charge in [-0.15, -0.1) is 0 Å². The van der Waals surface area contributed by atoms with Gasteiger partial charge in [0.2, 0.25) is 5.95 Å². The van der Waals surface area contributed by atoms with Crippen LogP contribution in [0.1, 0.15) is 13.3 Å². The van der Waals surface area contributed by atoms with Gasteiger partial charge in [0.1, 0.15) is 0 Å². The lowest BCUT2D eigenvalue weighted by molar-refractivity contribution is 0.218. The highest BCUT2D eigenvalue weighted by Crippen LogP contribution is 2.15. The first-order valence-corrected chi connectivity index (χ1v) is 7.43. The first-order valence-electron chi connectivity index (χ1n) is 6.45. The number of hydrogen-bond acceptors (Lipinski definition) is 7. The van der Waals surface area contributed by atoms with Crippen LogP contribution in [0.3, 0.4) is 0 Å². The second-order valence-corrected chi connectivity index (χ2v) is 5.02. The minimum absolute atomic E-state index is 0.517. The summed E-state index contributed by atoms with van der Waals surface area (Å²) in [5, 5.41) is 7.99. The van der Waals surface area contributed by atoms with Crippen LogP contribution in [0.5, 0.6) is 0 Å². The second kappa shape index (κ2) is 7.81. The summed E-state index contributed by atoms with van der Waals surface area (Å²) in [4.78, 5) is 13.2. The molecule has 2 aromatic heterocycles. The molecule has 0 aliphatic rings. The zero-order valence-corrected chi connectivity index (χ0v) is 12.4. The summed E-state index contributed by atoms with van der Waals surface area (Å²) < 4.78 is 6.66. The van der Waals surface area contributed by atoms with E-state index >= 15 is 0 Å². The molecule has 7 nitrogen and oxygen atoms in total. The van der Waals surface area contributed by atoms with E-state index in [0.29, 0.717) is 23.7 Å². The molecule has 8 heteroatoms. The molecule has 0 aliphatic carbocycles. The number of ether oxygens (including phenoxy) is 1. The highest BCUT2D eigenvalue weighted by atomic mass is 32.2. The fourth-order valence-corrected chi connectivity index (χ4v) is 2.16. The maximum Gasteiger partial charge on any atom is 0.256 e. The number of aromatic nitrogens is 5. The monoisotopic (exact) mass is 294 g/mol. The molecule has 0 bridgehead atoms. The molecule has 108 valence electrons. The number of nitrogens with zero attached hydrogens (tertiary/aromatic N) is 5. The highest BCUT2D eigenvalue weighted by Gasteiger charge is 2.08. The van der Waals surface area contributed by atoms with E-state index in [-0.39, 0.29) is 0 Å². The molecule has 1 N–H and O–H groups in total. The van der Waals surface area contributed by atoms with Gasteiger partial charge in [0.15, 0.2) is 5.16 Å². The van der Waals surface area contributed by atoms with Crippen LogP contribution in [0.2, 0.25) is 0 Å². The van der Waals surface area contributed by atoms with Gasteiger partial charge in [-0.1, -0.05) is 18.7 Å². The molecule has 0 atom stereocenters. The summed E-state index contributed by atoms with van der Waals surface area (Å²) in [7, 11) is 1.68. The van der Waals surface area contributed by atoms with Crippen molar-refractivity contribution in [3.63, 3.8) is 0 Å². The summed E-state index contributed by atoms with van der Waals surface area (Å²) in [6.45, 7) is 3.58. The van der Waals surface area contributed by atoms with Crippen LogP contribution in [0.4, 0.5) is 5.95 Å². The van der Waals surface area contributed by atoms with Crippen molar-refractivity contribution in [2.24, 2.45) is 0 Å². The van der Waals surface area contributed by atoms with E-state index in [1.54, 1.807) is 18.0 Å². The molecule has 0 amide bonds. The van der Waals surface area contributed by atoms with Crippen LogP contribution in [0, 0.1) is 0 Å². The zero-order valence-electron chi connectivity index (χ0n) is 11.6. The van der Waals surface area contributed by atoms with Crippen LogP contribution >= 0.6 is 11.8 Å². The molecule has 0 unspecified atom stereocenters. The third-order valence-electron chi connectivity index (χ3n) is 2.36. The first-order chi connectivity index (χ1) is 9.83. The Hall–Kier alpha value is -1.67. The Kier molecular flexibility index (Phi) is 5.75. The quantitative estimate of drug-likeness (QED) is 0.585. The SMILES string of the molecule is CCCNc1nc(SCCOC)nc(-n2cccn2)n1. The van der Waals surface area contributed by atoms with Crippen LogP contribution in [-0.4, -0.2) is 50.7 Å². The van der Waals surface area contributed by atoms with E-state index in [4.69, 9.17) is 4.74 Å². The molecular weight excluding hydrogens is 276 g/mol. The van der Waals surface area contributed by atoms with Crippen LogP contribution in [0.25, 0.3) is 5.95 Å². The van der Waals surface area contributed by atoms with Crippen LogP contribution in [-0.2, 0) is 4.74 Å². The average molecular weight is 294 g/mol. The van der Waals surface area contributed by atoms with Crippen LogP contribution < -0.4 is 5.32 Å². The largest absolute Gasteiger partial charge is 0.384 e. The molecule has 20 heavy (non-hydrogen) atoms. The third kappa shape index (κ3) is 4.17. The maximum atomic E-state index is 5.04. The number of hydrogen-bond donors (Lipinski definition) is 1. The Morgan fingerprint density at radius 1 is 1.35 bits per heavy atom. The Bertz CT molecular complexity index is 519. The van der Waals surface area contributed by atoms with Crippen molar-refractivity contribution in [1.29, 1.82) is 0 Å². The minimum Gasteiger partial charge on any atom is -0.384 e. The number of nitrogens with one attached hydrogen (secondary N) is 1. The van der Waals surface area contributed by atoms with Gasteiger partial charge in [-0.3, -0.25) is 0 Å². The number of methoxy groups -OCH3 is 1. The third-order valence-corrected chi connectivity index (χ3v) is 3.18. The van der Waals surface area contributed by atoms with Gasteiger partial charge in [0.25, 0.3) is 5.95 Å². The number of rotatable bonds is 8. The summed E-state index contributed by atoms with van der Waals surface area (Å²) >= 11 is 1.54. The van der Waals surface area contributed by atoms with Crippen molar-refractivity contribution >= 4 is 17.7 Å². The van der Waals surface area contributed by atoms with Crippen molar-refractivity contribution in [3.8, 4) is 5.95 Å². The van der Waals surface area contributed by atoms with E-state index in [9.17, 15) is 0 Å². The molecule has 0 saturated carbocycles. The lowest BCUT2D eigenvalue weighted by Crippen LogP contribution is -2.11. The van der Waals surface area contributed by atoms with E-state index in [1.165, 1.54) is 11.8 Å². The van der Waals surface area contributed by atoms with Crippen molar-refractivity contribution in [1.82, 2.24) is 24.7 Å². The van der Waals surface area contributed by atoms with E-state index in [2.05, 4.69) is 32.3 Å². The van der Waals surface area contributed by atoms with Gasteiger partial charge in [-0.05, 0) is 12.5 Å². The molecule has 2 rings (SSSR count). The van der Waals surface area contributed by atoms with E-state index < -0.39 is 0 Å². The molecule has 0 spiro atoms. The van der Waals surface area contributed by atoms with Gasteiger partial charge in [0.05, 0.1) is 6.61 Å². The van der Waals surface area contributed by atoms with Crippen molar-refractivity contribution < 1.29 is 4.74 Å². The molecule has 0 saturated heterocycles. The highest BCUT2D eigenvalue weighted by molar-refractivity contribution is 7.99. The Morgan fingerprint density at radius 2 is 2.25 bits per heavy atom. The predicted molar refractivity (Wildman–Crippen MR) is 78.3 cm³/mol.